The molecular formula is C17H18BrN6O9P. The van der Waals surface area contributed by atoms with E-state index in [9.17, 15) is 24.4 Å². The van der Waals surface area contributed by atoms with Crippen molar-refractivity contribution in [1.29, 1.82) is 0 Å². The van der Waals surface area contributed by atoms with Gasteiger partial charge in [-0.15, -0.1) is 0 Å². The van der Waals surface area contributed by atoms with Crippen LogP contribution < -0.4 is 11.2 Å². The van der Waals surface area contributed by atoms with Crippen molar-refractivity contribution in [3.8, 4) is 0 Å². The monoisotopic (exact) mass is 560 g/mol. The predicted octanol–water partition coefficient (Wildman–Crippen LogP) is 1.25. The van der Waals surface area contributed by atoms with E-state index < -0.39 is 55.9 Å². The van der Waals surface area contributed by atoms with E-state index in [2.05, 4.69) is 30.9 Å². The molecule has 17 heteroatoms. The Morgan fingerprint density at radius 1 is 1.44 bits per heavy atom. The zero-order valence-electron chi connectivity index (χ0n) is 17.1. The molecule has 2 aromatic heterocycles. The Hall–Kier alpha value is -2.39. The SMILES string of the molecule is [N-]=[N+]=N[C@]1(COP2(=O)OCC[C@@H](c3cncc(Br)c3)O2)OC(n2ccc(=O)[nH]c2=O)[C@H](O)[C@@H]1O. The smallest absolute Gasteiger partial charge is 0.387 e. The summed E-state index contributed by atoms with van der Waals surface area (Å²) in [6.07, 6.45) is -1.48. The van der Waals surface area contributed by atoms with Crippen molar-refractivity contribution < 1.29 is 33.1 Å². The standard InChI is InChI=1S/C17H18BrN6O9P/c18-10-5-9(6-20-7-10)11-2-4-30-34(29,33-11)31-8-17(22-23-19)14(27)13(26)15(32-17)24-3-1-12(25)21-16(24)28/h1,3,5-7,11,13-15,26-27H,2,4,8H2,(H,21,25,28)/t11-,13+,14-,15?,17+,34?/m0/s1. The first-order valence-corrected chi connectivity index (χ1v) is 12.0. The lowest BCUT2D eigenvalue weighted by Gasteiger charge is -2.32. The molecule has 2 aromatic rings. The van der Waals surface area contributed by atoms with Crippen molar-refractivity contribution in [2.75, 3.05) is 13.2 Å². The maximum Gasteiger partial charge on any atom is 0.475 e. The highest BCUT2D eigenvalue weighted by molar-refractivity contribution is 9.10. The lowest BCUT2D eigenvalue weighted by atomic mass is 10.1. The largest absolute Gasteiger partial charge is 0.475 e. The highest BCUT2D eigenvalue weighted by Gasteiger charge is 2.56. The van der Waals surface area contributed by atoms with E-state index in [1.165, 1.54) is 6.20 Å². The molecule has 2 saturated heterocycles. The Morgan fingerprint density at radius 2 is 2.24 bits per heavy atom. The van der Waals surface area contributed by atoms with Crippen LogP contribution in [-0.4, -0.2) is 55.9 Å². The van der Waals surface area contributed by atoms with Gasteiger partial charge in [0.1, 0.15) is 12.2 Å². The number of aromatic amines is 1. The second-order valence-corrected chi connectivity index (χ2v) is 9.91. The summed E-state index contributed by atoms with van der Waals surface area (Å²) < 4.78 is 36.1. The molecule has 4 heterocycles. The number of aliphatic hydroxyl groups is 2. The predicted molar refractivity (Wildman–Crippen MR) is 115 cm³/mol. The number of aromatic nitrogens is 3. The zero-order chi connectivity index (χ0) is 24.5. The molecule has 2 unspecified atom stereocenters. The van der Waals surface area contributed by atoms with Gasteiger partial charge in [-0.3, -0.25) is 32.9 Å². The Kier molecular flexibility index (Phi) is 7.05. The molecule has 0 aliphatic carbocycles. The van der Waals surface area contributed by atoms with E-state index in [1.54, 1.807) is 12.3 Å². The van der Waals surface area contributed by atoms with Gasteiger partial charge in [0, 0.05) is 46.0 Å². The van der Waals surface area contributed by atoms with Gasteiger partial charge in [0.25, 0.3) is 5.56 Å². The fourth-order valence-corrected chi connectivity index (χ4v) is 5.30. The van der Waals surface area contributed by atoms with Gasteiger partial charge in [0.2, 0.25) is 5.72 Å². The quantitative estimate of drug-likeness (QED) is 0.199. The Bertz CT molecular complexity index is 1280. The van der Waals surface area contributed by atoms with Gasteiger partial charge in [-0.2, -0.15) is 0 Å². The number of hydrogen-bond acceptors (Lipinski definition) is 11. The van der Waals surface area contributed by atoms with Gasteiger partial charge >= 0.3 is 13.5 Å². The maximum absolute atomic E-state index is 13.1. The maximum atomic E-state index is 13.1. The molecule has 2 aliphatic rings. The summed E-state index contributed by atoms with van der Waals surface area (Å²) in [5.41, 5.74) is 5.70. The summed E-state index contributed by atoms with van der Waals surface area (Å²) in [7, 11) is -4.24. The molecule has 34 heavy (non-hydrogen) atoms. The summed E-state index contributed by atoms with van der Waals surface area (Å²) in [5.74, 6) is 0. The summed E-state index contributed by atoms with van der Waals surface area (Å²) in [4.78, 5) is 32.1. The van der Waals surface area contributed by atoms with Crippen LogP contribution in [0.5, 0.6) is 0 Å². The van der Waals surface area contributed by atoms with Crippen LogP contribution in [0.25, 0.3) is 10.4 Å². The van der Waals surface area contributed by atoms with E-state index in [0.29, 0.717) is 16.5 Å². The number of aliphatic hydroxyl groups excluding tert-OH is 2. The third-order valence-electron chi connectivity index (χ3n) is 5.16. The highest BCUT2D eigenvalue weighted by atomic mass is 79.9. The first-order valence-electron chi connectivity index (χ1n) is 9.76. The number of azide groups is 1. The Balaban J connectivity index is 1.55. The van der Waals surface area contributed by atoms with Crippen LogP contribution in [0.3, 0.4) is 0 Å². The molecule has 6 atom stereocenters. The van der Waals surface area contributed by atoms with Crippen molar-refractivity contribution in [1.82, 2.24) is 14.5 Å². The number of phosphoric acid groups is 1. The van der Waals surface area contributed by atoms with E-state index in [0.717, 1.165) is 16.8 Å². The summed E-state index contributed by atoms with van der Waals surface area (Å²) in [5, 5.41) is 24.5. The molecule has 2 fully saturated rings. The van der Waals surface area contributed by atoms with Crippen LogP contribution >= 0.6 is 23.8 Å². The number of hydrogen-bond donors (Lipinski definition) is 3. The third kappa shape index (κ3) is 4.86. The van der Waals surface area contributed by atoms with Crippen molar-refractivity contribution in [2.45, 2.75) is 36.7 Å². The van der Waals surface area contributed by atoms with Gasteiger partial charge in [-0.05, 0) is 27.5 Å². The number of ether oxygens (including phenoxy) is 1. The van der Waals surface area contributed by atoms with Crippen molar-refractivity contribution >= 4 is 23.8 Å². The second kappa shape index (κ2) is 9.70. The minimum atomic E-state index is -4.24. The van der Waals surface area contributed by atoms with Crippen LogP contribution in [0, 0.1) is 0 Å². The normalized spacial score (nSPS) is 33.4. The molecular weight excluding hydrogens is 543 g/mol. The minimum absolute atomic E-state index is 0.00437. The van der Waals surface area contributed by atoms with E-state index in [1.807, 2.05) is 4.98 Å². The van der Waals surface area contributed by atoms with Crippen molar-refractivity contribution in [3.63, 3.8) is 0 Å². The Morgan fingerprint density at radius 3 is 2.94 bits per heavy atom. The topological polar surface area (TPSA) is 211 Å². The average molecular weight is 561 g/mol. The lowest BCUT2D eigenvalue weighted by Crippen LogP contribution is -2.45. The van der Waals surface area contributed by atoms with E-state index in [4.69, 9.17) is 23.8 Å². The average Bonchev–Trinajstić information content (AvgIpc) is 3.04. The highest BCUT2D eigenvalue weighted by Crippen LogP contribution is 2.58. The second-order valence-electron chi connectivity index (χ2n) is 7.37. The molecule has 0 radical (unpaired) electrons. The third-order valence-corrected chi connectivity index (χ3v) is 7.05. The van der Waals surface area contributed by atoms with Gasteiger partial charge in [-0.25, -0.2) is 9.36 Å². The summed E-state index contributed by atoms with van der Waals surface area (Å²) in [6.45, 7) is -0.852. The van der Waals surface area contributed by atoms with Gasteiger partial charge < -0.3 is 14.9 Å². The van der Waals surface area contributed by atoms with Crippen molar-refractivity contribution in [2.24, 2.45) is 5.11 Å². The summed E-state index contributed by atoms with van der Waals surface area (Å²) in [6, 6.07) is 2.72. The molecule has 3 N–H and O–H groups in total. The number of phosphoric ester groups is 1. The van der Waals surface area contributed by atoms with Crippen LogP contribution in [0.4, 0.5) is 0 Å². The van der Waals surface area contributed by atoms with Gasteiger partial charge in [-0.1, -0.05) is 5.11 Å². The fourth-order valence-electron chi connectivity index (χ4n) is 3.51. The molecule has 2 aliphatic heterocycles. The van der Waals surface area contributed by atoms with Crippen LogP contribution in [0.1, 0.15) is 24.3 Å². The summed E-state index contributed by atoms with van der Waals surface area (Å²) >= 11 is 3.30. The van der Waals surface area contributed by atoms with E-state index in [-0.39, 0.29) is 6.61 Å². The number of rotatable bonds is 6. The lowest BCUT2D eigenvalue weighted by molar-refractivity contribution is -0.127. The molecule has 0 aromatic carbocycles. The van der Waals surface area contributed by atoms with Crippen LogP contribution in [0.15, 0.2) is 49.9 Å². The number of H-pyrrole nitrogens is 1. The molecule has 182 valence electrons. The number of nitrogens with zero attached hydrogens (tertiary/aromatic N) is 5. The van der Waals surface area contributed by atoms with Crippen LogP contribution in [0.2, 0.25) is 0 Å². The molecule has 4 rings (SSSR count). The molecule has 0 spiro atoms. The molecule has 0 saturated carbocycles. The molecule has 0 bridgehead atoms. The fraction of sp³-hybridized carbons (Fsp3) is 0.471. The molecule has 15 nitrogen and oxygen atoms in total. The minimum Gasteiger partial charge on any atom is -0.387 e. The van der Waals surface area contributed by atoms with Crippen molar-refractivity contribution in [3.05, 3.63) is 72.0 Å². The van der Waals surface area contributed by atoms with E-state index >= 15 is 0 Å². The number of halogens is 1. The van der Waals surface area contributed by atoms with Crippen LogP contribution in [-0.2, 0) is 22.9 Å². The Labute approximate surface area is 198 Å². The first kappa shape index (κ1) is 24.7. The zero-order valence-corrected chi connectivity index (χ0v) is 19.6. The number of pyridine rings is 1. The first-order chi connectivity index (χ1) is 16.2. The van der Waals surface area contributed by atoms with Gasteiger partial charge in [0.05, 0.1) is 19.3 Å². The van der Waals surface area contributed by atoms with Gasteiger partial charge in [0.15, 0.2) is 6.23 Å². The molecule has 0 amide bonds. The number of nitrogens with one attached hydrogen (secondary N) is 1.